The highest BCUT2D eigenvalue weighted by molar-refractivity contribution is 5.86. The average Bonchev–Trinajstić information content (AvgIpc) is 2.74. The molecular formula is C24H26N2O2. The Balaban J connectivity index is 1.45. The molecule has 1 aliphatic rings. The number of amides is 1. The van der Waals surface area contributed by atoms with E-state index in [1.807, 2.05) is 36.2 Å². The number of rotatable bonds is 4. The predicted molar refractivity (Wildman–Crippen MR) is 112 cm³/mol. The molecule has 4 nitrogen and oxygen atoms in total. The third-order valence-corrected chi connectivity index (χ3v) is 5.51. The zero-order valence-corrected chi connectivity index (χ0v) is 16.5. The third kappa shape index (κ3) is 3.86. The number of carbonyl (C=O) groups excluding carboxylic acids is 1. The zero-order valence-electron chi connectivity index (χ0n) is 16.5. The summed E-state index contributed by atoms with van der Waals surface area (Å²) >= 11 is 0. The Bertz CT molecular complexity index is 974. The van der Waals surface area contributed by atoms with Crippen LogP contribution < -0.4 is 4.74 Å². The van der Waals surface area contributed by atoms with Crippen molar-refractivity contribution in [3.63, 3.8) is 0 Å². The molecule has 0 N–H and O–H groups in total. The fourth-order valence-electron chi connectivity index (χ4n) is 3.90. The number of aromatic nitrogens is 1. The quantitative estimate of drug-likeness (QED) is 0.646. The van der Waals surface area contributed by atoms with Crippen molar-refractivity contribution in [3.05, 3.63) is 60.3 Å². The van der Waals surface area contributed by atoms with Crippen LogP contribution in [0.2, 0.25) is 0 Å². The van der Waals surface area contributed by atoms with Crippen molar-refractivity contribution in [1.29, 1.82) is 0 Å². The van der Waals surface area contributed by atoms with Gasteiger partial charge in [0.05, 0.1) is 5.52 Å². The number of benzene rings is 2. The zero-order chi connectivity index (χ0) is 19.5. The van der Waals surface area contributed by atoms with Gasteiger partial charge in [-0.15, -0.1) is 0 Å². The average molecular weight is 374 g/mol. The number of fused-ring (bicyclic) bond motifs is 1. The van der Waals surface area contributed by atoms with E-state index >= 15 is 0 Å². The van der Waals surface area contributed by atoms with Crippen LogP contribution in [0.3, 0.4) is 0 Å². The monoisotopic (exact) mass is 374 g/mol. The van der Waals surface area contributed by atoms with Crippen molar-refractivity contribution in [2.24, 2.45) is 0 Å². The van der Waals surface area contributed by atoms with Gasteiger partial charge in [0.15, 0.2) is 0 Å². The summed E-state index contributed by atoms with van der Waals surface area (Å²) in [6.07, 6.45) is 4.37. The molecule has 4 heteroatoms. The molecule has 0 saturated carbocycles. The van der Waals surface area contributed by atoms with Gasteiger partial charge in [0, 0.05) is 43.9 Å². The first-order valence-corrected chi connectivity index (χ1v) is 10.0. The van der Waals surface area contributed by atoms with Crippen molar-refractivity contribution in [2.45, 2.75) is 39.2 Å². The van der Waals surface area contributed by atoms with Crippen LogP contribution in [-0.4, -0.2) is 35.0 Å². The summed E-state index contributed by atoms with van der Waals surface area (Å²) in [7, 11) is 0. The second kappa shape index (κ2) is 8.01. The molecule has 28 heavy (non-hydrogen) atoms. The van der Waals surface area contributed by atoms with Gasteiger partial charge in [0.25, 0.3) is 0 Å². The van der Waals surface area contributed by atoms with E-state index in [9.17, 15) is 4.79 Å². The Kier molecular flexibility index (Phi) is 5.29. The van der Waals surface area contributed by atoms with Gasteiger partial charge in [-0.05, 0) is 53.9 Å². The maximum absolute atomic E-state index is 11.8. The molecular weight excluding hydrogens is 348 g/mol. The van der Waals surface area contributed by atoms with Gasteiger partial charge in [0.2, 0.25) is 5.91 Å². The lowest BCUT2D eigenvalue weighted by Crippen LogP contribution is -2.41. The summed E-state index contributed by atoms with van der Waals surface area (Å²) in [5.74, 6) is 1.13. The second-order valence-electron chi connectivity index (χ2n) is 7.44. The van der Waals surface area contributed by atoms with Gasteiger partial charge in [0.1, 0.15) is 11.9 Å². The standard InChI is InChI=1S/C24H26N2O2/c1-3-24(27)26-13-10-21(11-14-26)28-20-8-6-18(7-9-20)22-16-23-19(15-17(22)2)5-4-12-25-23/h4-9,12,15-16,21H,3,10-11,13-14H2,1-2H3. The second-order valence-corrected chi connectivity index (χ2v) is 7.44. The van der Waals surface area contributed by atoms with Crippen molar-refractivity contribution in [3.8, 4) is 16.9 Å². The molecule has 0 bridgehead atoms. The molecule has 144 valence electrons. The number of ether oxygens (including phenoxy) is 1. The number of piperidine rings is 1. The largest absolute Gasteiger partial charge is 0.490 e. The Morgan fingerprint density at radius 3 is 2.61 bits per heavy atom. The van der Waals surface area contributed by atoms with E-state index in [4.69, 9.17) is 4.74 Å². The van der Waals surface area contributed by atoms with Crippen molar-refractivity contribution >= 4 is 16.8 Å². The number of hydrogen-bond donors (Lipinski definition) is 0. The van der Waals surface area contributed by atoms with Gasteiger partial charge in [-0.2, -0.15) is 0 Å². The van der Waals surface area contributed by atoms with Crippen LogP contribution >= 0.6 is 0 Å². The lowest BCUT2D eigenvalue weighted by atomic mass is 9.98. The first kappa shape index (κ1) is 18.5. The smallest absolute Gasteiger partial charge is 0.222 e. The topological polar surface area (TPSA) is 42.4 Å². The van der Waals surface area contributed by atoms with E-state index in [0.29, 0.717) is 6.42 Å². The van der Waals surface area contributed by atoms with Gasteiger partial charge in [-0.3, -0.25) is 9.78 Å². The summed E-state index contributed by atoms with van der Waals surface area (Å²) in [6, 6.07) is 16.7. The van der Waals surface area contributed by atoms with Gasteiger partial charge < -0.3 is 9.64 Å². The van der Waals surface area contributed by atoms with Crippen LogP contribution in [0.15, 0.2) is 54.7 Å². The minimum Gasteiger partial charge on any atom is -0.490 e. The normalized spacial score (nSPS) is 15.0. The van der Waals surface area contributed by atoms with Crippen molar-refractivity contribution < 1.29 is 9.53 Å². The molecule has 1 saturated heterocycles. The van der Waals surface area contributed by atoms with Crippen LogP contribution in [0.1, 0.15) is 31.7 Å². The lowest BCUT2D eigenvalue weighted by Gasteiger charge is -2.32. The summed E-state index contributed by atoms with van der Waals surface area (Å²) in [4.78, 5) is 18.2. The molecule has 1 aromatic heterocycles. The molecule has 1 fully saturated rings. The maximum Gasteiger partial charge on any atom is 0.222 e. The Morgan fingerprint density at radius 1 is 1.14 bits per heavy atom. The fourth-order valence-corrected chi connectivity index (χ4v) is 3.90. The summed E-state index contributed by atoms with van der Waals surface area (Å²) in [6.45, 7) is 5.63. The molecule has 2 heterocycles. The molecule has 0 unspecified atom stereocenters. The van der Waals surface area contributed by atoms with E-state index in [1.165, 1.54) is 16.7 Å². The first-order chi connectivity index (χ1) is 13.6. The van der Waals surface area contributed by atoms with Crippen LogP contribution in [0, 0.1) is 6.92 Å². The van der Waals surface area contributed by atoms with Crippen molar-refractivity contribution in [2.75, 3.05) is 13.1 Å². The molecule has 4 rings (SSSR count). The number of aryl methyl sites for hydroxylation is 1. The number of carbonyl (C=O) groups is 1. The molecule has 0 spiro atoms. The Labute approximate surface area is 166 Å². The number of hydrogen-bond acceptors (Lipinski definition) is 3. The highest BCUT2D eigenvalue weighted by Gasteiger charge is 2.22. The van der Waals surface area contributed by atoms with E-state index < -0.39 is 0 Å². The van der Waals surface area contributed by atoms with E-state index in [-0.39, 0.29) is 12.0 Å². The highest BCUT2D eigenvalue weighted by Crippen LogP contribution is 2.29. The van der Waals surface area contributed by atoms with E-state index in [1.54, 1.807) is 0 Å². The van der Waals surface area contributed by atoms with Gasteiger partial charge in [-0.25, -0.2) is 0 Å². The highest BCUT2D eigenvalue weighted by atomic mass is 16.5. The van der Waals surface area contributed by atoms with Gasteiger partial charge >= 0.3 is 0 Å². The van der Waals surface area contributed by atoms with Gasteiger partial charge in [-0.1, -0.05) is 25.1 Å². The summed E-state index contributed by atoms with van der Waals surface area (Å²) in [5.41, 5.74) is 4.61. The Morgan fingerprint density at radius 2 is 1.89 bits per heavy atom. The fraction of sp³-hybridized carbons (Fsp3) is 0.333. The molecule has 1 amide bonds. The van der Waals surface area contributed by atoms with E-state index in [2.05, 4.69) is 42.2 Å². The minimum absolute atomic E-state index is 0.179. The number of likely N-dealkylation sites (tertiary alicyclic amines) is 1. The summed E-state index contributed by atoms with van der Waals surface area (Å²) in [5, 5.41) is 1.16. The molecule has 3 aromatic rings. The molecule has 1 aliphatic heterocycles. The number of nitrogens with zero attached hydrogens (tertiary/aromatic N) is 2. The van der Waals surface area contributed by atoms with E-state index in [0.717, 1.165) is 42.6 Å². The molecule has 0 atom stereocenters. The first-order valence-electron chi connectivity index (χ1n) is 10.0. The van der Waals surface area contributed by atoms with Crippen molar-refractivity contribution in [1.82, 2.24) is 9.88 Å². The maximum atomic E-state index is 11.8. The SMILES string of the molecule is CCC(=O)N1CCC(Oc2ccc(-c3cc4ncccc4cc3C)cc2)CC1. The lowest BCUT2D eigenvalue weighted by molar-refractivity contribution is -0.132. The van der Waals surface area contributed by atoms with Crippen LogP contribution in [0.5, 0.6) is 5.75 Å². The third-order valence-electron chi connectivity index (χ3n) is 5.51. The minimum atomic E-state index is 0.179. The molecule has 2 aromatic carbocycles. The van der Waals surface area contributed by atoms with Crippen LogP contribution in [0.4, 0.5) is 0 Å². The predicted octanol–water partition coefficient (Wildman–Crippen LogP) is 4.99. The Hall–Kier alpha value is -2.88. The molecule has 0 aliphatic carbocycles. The van der Waals surface area contributed by atoms with Crippen LogP contribution in [0.25, 0.3) is 22.0 Å². The van der Waals surface area contributed by atoms with Crippen LogP contribution in [-0.2, 0) is 4.79 Å². The molecule has 0 radical (unpaired) electrons. The number of pyridine rings is 1. The summed E-state index contributed by atoms with van der Waals surface area (Å²) < 4.78 is 6.16.